The summed E-state index contributed by atoms with van der Waals surface area (Å²) in [6, 6.07) is 2.15. The Hall–Kier alpha value is -1.44. The molecule has 0 radical (unpaired) electrons. The van der Waals surface area contributed by atoms with E-state index in [-0.39, 0.29) is 11.9 Å². The van der Waals surface area contributed by atoms with Gasteiger partial charge in [0, 0.05) is 32.2 Å². The SMILES string of the molecule is Cc1cc(C)c(C)c(S(=O)(=O)N2CCN(CC(=O)NC(C)C)CC2)c1C. The molecule has 6 nitrogen and oxygen atoms in total. The fourth-order valence-corrected chi connectivity index (χ4v) is 5.39. The molecule has 1 amide bonds. The van der Waals surface area contributed by atoms with Crippen molar-refractivity contribution in [3.8, 4) is 0 Å². The third-order valence-corrected chi connectivity index (χ3v) is 7.22. The Balaban J connectivity index is 2.13. The summed E-state index contributed by atoms with van der Waals surface area (Å²) in [5.74, 6) is -0.0164. The smallest absolute Gasteiger partial charge is 0.243 e. The van der Waals surface area contributed by atoms with Gasteiger partial charge in [-0.3, -0.25) is 9.69 Å². The molecule has 1 saturated heterocycles. The second-order valence-electron chi connectivity index (χ2n) is 7.49. The van der Waals surface area contributed by atoms with E-state index in [1.54, 1.807) is 4.31 Å². The summed E-state index contributed by atoms with van der Waals surface area (Å²) in [7, 11) is -3.53. The first-order valence-electron chi connectivity index (χ1n) is 9.13. The van der Waals surface area contributed by atoms with Gasteiger partial charge in [0.1, 0.15) is 0 Å². The molecule has 1 aliphatic rings. The predicted molar refractivity (Wildman–Crippen MR) is 104 cm³/mol. The van der Waals surface area contributed by atoms with E-state index < -0.39 is 10.0 Å². The standard InChI is InChI=1S/C19H31N3O3S/c1-13(2)20-18(23)12-21-7-9-22(10-8-21)26(24,25)19-16(5)14(3)11-15(4)17(19)6/h11,13H,7-10,12H2,1-6H3,(H,20,23). The summed E-state index contributed by atoms with van der Waals surface area (Å²) in [6.45, 7) is 13.8. The fraction of sp³-hybridized carbons (Fsp3) is 0.632. The maximum atomic E-state index is 13.2. The monoisotopic (exact) mass is 381 g/mol. The van der Waals surface area contributed by atoms with Crippen LogP contribution in [0.5, 0.6) is 0 Å². The van der Waals surface area contributed by atoms with Crippen LogP contribution in [0.1, 0.15) is 36.1 Å². The Morgan fingerprint density at radius 3 is 2.00 bits per heavy atom. The fourth-order valence-electron chi connectivity index (χ4n) is 3.40. The van der Waals surface area contributed by atoms with Crippen LogP contribution in [0.2, 0.25) is 0 Å². The number of hydrogen-bond acceptors (Lipinski definition) is 4. The van der Waals surface area contributed by atoms with Crippen molar-refractivity contribution >= 4 is 15.9 Å². The van der Waals surface area contributed by atoms with Crippen molar-refractivity contribution in [2.24, 2.45) is 0 Å². The number of nitrogens with zero attached hydrogens (tertiary/aromatic N) is 2. The van der Waals surface area contributed by atoms with Gasteiger partial charge in [0.15, 0.2) is 0 Å². The zero-order valence-corrected chi connectivity index (χ0v) is 17.5. The van der Waals surface area contributed by atoms with Crippen molar-refractivity contribution < 1.29 is 13.2 Å². The number of piperazine rings is 1. The number of sulfonamides is 1. The minimum Gasteiger partial charge on any atom is -0.353 e. The Kier molecular flexibility index (Phi) is 6.47. The molecule has 0 unspecified atom stereocenters. The zero-order valence-electron chi connectivity index (χ0n) is 16.7. The van der Waals surface area contributed by atoms with Crippen molar-refractivity contribution in [2.75, 3.05) is 32.7 Å². The van der Waals surface area contributed by atoms with Crippen LogP contribution in [0, 0.1) is 27.7 Å². The first-order valence-corrected chi connectivity index (χ1v) is 10.6. The number of nitrogens with one attached hydrogen (secondary N) is 1. The summed E-state index contributed by atoms with van der Waals surface area (Å²) in [5, 5.41) is 2.87. The second kappa shape index (κ2) is 8.06. The first kappa shape index (κ1) is 20.9. The van der Waals surface area contributed by atoms with Crippen LogP contribution in [0.4, 0.5) is 0 Å². The van der Waals surface area contributed by atoms with E-state index in [4.69, 9.17) is 0 Å². The van der Waals surface area contributed by atoms with Crippen molar-refractivity contribution in [2.45, 2.75) is 52.5 Å². The lowest BCUT2D eigenvalue weighted by atomic mass is 10.0. The summed E-state index contributed by atoms with van der Waals surface area (Å²) < 4.78 is 28.0. The number of rotatable bonds is 5. The van der Waals surface area contributed by atoms with Crippen molar-refractivity contribution in [3.63, 3.8) is 0 Å². The maximum Gasteiger partial charge on any atom is 0.243 e. The van der Waals surface area contributed by atoms with Gasteiger partial charge in [-0.1, -0.05) is 6.07 Å². The van der Waals surface area contributed by atoms with Gasteiger partial charge >= 0.3 is 0 Å². The molecule has 0 bridgehead atoms. The molecular formula is C19H31N3O3S. The molecule has 1 N–H and O–H groups in total. The number of benzene rings is 1. The molecular weight excluding hydrogens is 350 g/mol. The average molecular weight is 382 g/mol. The Labute approximate surface area is 157 Å². The Morgan fingerprint density at radius 2 is 1.54 bits per heavy atom. The molecule has 1 aromatic rings. The number of carbonyl (C=O) groups excluding carboxylic acids is 1. The lowest BCUT2D eigenvalue weighted by molar-refractivity contribution is -0.123. The summed E-state index contributed by atoms with van der Waals surface area (Å²) in [5.41, 5.74) is 3.64. The molecule has 0 spiro atoms. The third kappa shape index (κ3) is 4.45. The molecule has 146 valence electrons. The van der Waals surface area contributed by atoms with Crippen LogP contribution in [-0.2, 0) is 14.8 Å². The van der Waals surface area contributed by atoms with Crippen LogP contribution in [-0.4, -0.2) is 62.3 Å². The van der Waals surface area contributed by atoms with Gasteiger partial charge < -0.3 is 5.32 Å². The zero-order chi connectivity index (χ0) is 19.6. The molecule has 0 saturated carbocycles. The number of aryl methyl sites for hydroxylation is 2. The number of hydrogen-bond donors (Lipinski definition) is 1. The van der Waals surface area contributed by atoms with Crippen LogP contribution in [0.3, 0.4) is 0 Å². The van der Waals surface area contributed by atoms with Gasteiger partial charge in [0.25, 0.3) is 0 Å². The van der Waals surface area contributed by atoms with E-state index in [2.05, 4.69) is 5.32 Å². The second-order valence-corrected chi connectivity index (χ2v) is 9.37. The molecule has 2 rings (SSSR count). The topological polar surface area (TPSA) is 69.7 Å². The van der Waals surface area contributed by atoms with Crippen LogP contribution in [0.15, 0.2) is 11.0 Å². The lowest BCUT2D eigenvalue weighted by Gasteiger charge is -2.34. The highest BCUT2D eigenvalue weighted by molar-refractivity contribution is 7.89. The Morgan fingerprint density at radius 1 is 1.04 bits per heavy atom. The summed E-state index contributed by atoms with van der Waals surface area (Å²) >= 11 is 0. The molecule has 1 fully saturated rings. The highest BCUT2D eigenvalue weighted by atomic mass is 32.2. The van der Waals surface area contributed by atoms with E-state index in [1.807, 2.05) is 52.5 Å². The molecule has 0 atom stereocenters. The first-order chi connectivity index (χ1) is 12.0. The van der Waals surface area contributed by atoms with Gasteiger partial charge in [0.2, 0.25) is 15.9 Å². The normalized spacial score (nSPS) is 16.9. The quantitative estimate of drug-likeness (QED) is 0.844. The molecule has 0 aliphatic carbocycles. The molecule has 7 heteroatoms. The summed E-state index contributed by atoms with van der Waals surface area (Å²) in [6.07, 6.45) is 0. The number of carbonyl (C=O) groups is 1. The van der Waals surface area contributed by atoms with Gasteiger partial charge in [0.05, 0.1) is 11.4 Å². The van der Waals surface area contributed by atoms with Gasteiger partial charge in [-0.15, -0.1) is 0 Å². The minimum absolute atomic E-state index is 0.0164. The minimum atomic E-state index is -3.53. The lowest BCUT2D eigenvalue weighted by Crippen LogP contribution is -2.51. The van der Waals surface area contributed by atoms with Crippen LogP contribution < -0.4 is 5.32 Å². The largest absolute Gasteiger partial charge is 0.353 e. The van der Waals surface area contributed by atoms with E-state index in [0.717, 1.165) is 22.3 Å². The van der Waals surface area contributed by atoms with Crippen molar-refractivity contribution in [1.29, 1.82) is 0 Å². The Bertz CT molecular complexity index is 753. The predicted octanol–water partition coefficient (Wildman–Crippen LogP) is 1.75. The van der Waals surface area contributed by atoms with E-state index in [9.17, 15) is 13.2 Å². The molecule has 26 heavy (non-hydrogen) atoms. The van der Waals surface area contributed by atoms with E-state index in [1.165, 1.54) is 0 Å². The van der Waals surface area contributed by atoms with Crippen LogP contribution >= 0.6 is 0 Å². The molecule has 1 heterocycles. The van der Waals surface area contributed by atoms with Crippen LogP contribution in [0.25, 0.3) is 0 Å². The highest BCUT2D eigenvalue weighted by Gasteiger charge is 2.32. The van der Waals surface area contributed by atoms with Crippen molar-refractivity contribution in [1.82, 2.24) is 14.5 Å². The molecule has 0 aromatic heterocycles. The van der Waals surface area contributed by atoms with Gasteiger partial charge in [-0.05, 0) is 63.8 Å². The van der Waals surface area contributed by atoms with Crippen molar-refractivity contribution in [3.05, 3.63) is 28.3 Å². The third-order valence-electron chi connectivity index (χ3n) is 5.04. The molecule has 1 aromatic carbocycles. The average Bonchev–Trinajstić information content (AvgIpc) is 2.52. The van der Waals surface area contributed by atoms with Gasteiger partial charge in [-0.25, -0.2) is 8.42 Å². The van der Waals surface area contributed by atoms with E-state index >= 15 is 0 Å². The maximum absolute atomic E-state index is 13.2. The molecule has 1 aliphatic heterocycles. The summed E-state index contributed by atoms with van der Waals surface area (Å²) in [4.78, 5) is 14.4. The number of amides is 1. The highest BCUT2D eigenvalue weighted by Crippen LogP contribution is 2.29. The van der Waals surface area contributed by atoms with E-state index in [0.29, 0.717) is 37.6 Å². The van der Waals surface area contributed by atoms with Gasteiger partial charge in [-0.2, -0.15) is 4.31 Å².